The second kappa shape index (κ2) is 13.4. The predicted molar refractivity (Wildman–Crippen MR) is 159 cm³/mol. The smallest absolute Gasteiger partial charge is 0.243 e. The highest BCUT2D eigenvalue weighted by Gasteiger charge is 2.39. The van der Waals surface area contributed by atoms with Crippen LogP contribution in [0.2, 0.25) is 0 Å². The predicted octanol–water partition coefficient (Wildman–Crippen LogP) is 3.23. The molecule has 0 saturated carbocycles. The van der Waals surface area contributed by atoms with E-state index in [0.29, 0.717) is 26.1 Å². The summed E-state index contributed by atoms with van der Waals surface area (Å²) in [5.41, 5.74) is 0.310. The van der Waals surface area contributed by atoms with Crippen LogP contribution in [-0.4, -0.2) is 65.5 Å². The van der Waals surface area contributed by atoms with Gasteiger partial charge < -0.3 is 26.0 Å². The monoisotopic (exact) mass is 564 g/mol. The normalized spacial score (nSPS) is 17.0. The van der Waals surface area contributed by atoms with Crippen molar-refractivity contribution in [1.29, 1.82) is 0 Å². The molecule has 8 nitrogen and oxygen atoms in total. The van der Waals surface area contributed by atoms with Gasteiger partial charge in [-0.15, -0.1) is 11.3 Å². The first-order chi connectivity index (χ1) is 19.1. The van der Waals surface area contributed by atoms with Gasteiger partial charge in [-0.05, 0) is 40.6 Å². The van der Waals surface area contributed by atoms with Gasteiger partial charge in [-0.3, -0.25) is 14.4 Å². The first-order valence-corrected chi connectivity index (χ1v) is 14.8. The van der Waals surface area contributed by atoms with Crippen molar-refractivity contribution in [3.05, 3.63) is 70.4 Å². The molecule has 2 heterocycles. The fraction of sp³-hybridized carbons (Fsp3) is 0.452. The molecule has 3 atom stereocenters. The van der Waals surface area contributed by atoms with Gasteiger partial charge in [0.1, 0.15) is 12.1 Å². The van der Waals surface area contributed by atoms with Crippen LogP contribution in [0.3, 0.4) is 0 Å². The minimum atomic E-state index is -0.855. The van der Waals surface area contributed by atoms with Crippen molar-refractivity contribution in [2.24, 2.45) is 5.41 Å². The zero-order valence-corrected chi connectivity index (χ0v) is 24.3. The molecule has 0 spiro atoms. The molecule has 1 saturated heterocycles. The maximum Gasteiger partial charge on any atom is 0.243 e. The number of aliphatic hydroxyl groups excluding tert-OH is 1. The quantitative estimate of drug-likeness (QED) is 0.286. The number of nitrogens with zero attached hydrogens (tertiary/aromatic N) is 1. The first kappa shape index (κ1) is 29.7. The lowest BCUT2D eigenvalue weighted by atomic mass is 9.94. The molecule has 1 fully saturated rings. The maximum absolute atomic E-state index is 13.5. The molecule has 3 amide bonds. The van der Waals surface area contributed by atoms with Crippen LogP contribution in [0.1, 0.15) is 44.1 Å². The van der Waals surface area contributed by atoms with E-state index in [1.165, 1.54) is 4.88 Å². The second-order valence-electron chi connectivity index (χ2n) is 11.5. The van der Waals surface area contributed by atoms with Crippen LogP contribution in [0.4, 0.5) is 0 Å². The van der Waals surface area contributed by atoms with Gasteiger partial charge >= 0.3 is 0 Å². The van der Waals surface area contributed by atoms with E-state index in [1.807, 2.05) is 80.7 Å². The molecule has 1 aliphatic heterocycles. The highest BCUT2D eigenvalue weighted by atomic mass is 32.1. The molecule has 40 heavy (non-hydrogen) atoms. The van der Waals surface area contributed by atoms with Crippen LogP contribution >= 0.6 is 11.3 Å². The third-order valence-electron chi connectivity index (χ3n) is 7.12. The lowest BCUT2D eigenvalue weighted by Crippen LogP contribution is -2.55. The minimum Gasteiger partial charge on any atom is -0.390 e. The van der Waals surface area contributed by atoms with Gasteiger partial charge in [0.15, 0.2) is 0 Å². The Hall–Kier alpha value is -3.27. The van der Waals surface area contributed by atoms with E-state index in [2.05, 4.69) is 16.0 Å². The van der Waals surface area contributed by atoms with Gasteiger partial charge in [-0.25, -0.2) is 0 Å². The Kier molecular flexibility index (Phi) is 9.95. The molecule has 214 valence electrons. The number of likely N-dealkylation sites (tertiary alicyclic amines) is 1. The van der Waals surface area contributed by atoms with E-state index >= 15 is 0 Å². The summed E-state index contributed by atoms with van der Waals surface area (Å²) >= 11 is 1.64. The first-order valence-electron chi connectivity index (χ1n) is 13.9. The molecule has 0 bridgehead atoms. The summed E-state index contributed by atoms with van der Waals surface area (Å²) in [4.78, 5) is 42.6. The van der Waals surface area contributed by atoms with Crippen molar-refractivity contribution >= 4 is 39.8 Å². The van der Waals surface area contributed by atoms with Crippen LogP contribution in [0.25, 0.3) is 10.8 Å². The molecule has 4 rings (SSSR count). The van der Waals surface area contributed by atoms with Crippen molar-refractivity contribution < 1.29 is 19.5 Å². The average Bonchev–Trinajstić information content (AvgIpc) is 3.63. The Labute approximate surface area is 240 Å². The van der Waals surface area contributed by atoms with Crippen molar-refractivity contribution in [3.8, 4) is 0 Å². The van der Waals surface area contributed by atoms with E-state index in [-0.39, 0.29) is 30.7 Å². The summed E-state index contributed by atoms with van der Waals surface area (Å²) < 4.78 is 0. The summed E-state index contributed by atoms with van der Waals surface area (Å²) in [7, 11) is 0. The highest BCUT2D eigenvalue weighted by molar-refractivity contribution is 7.09. The van der Waals surface area contributed by atoms with Crippen LogP contribution < -0.4 is 16.0 Å². The third-order valence-corrected chi connectivity index (χ3v) is 7.99. The molecular weight excluding hydrogens is 524 g/mol. The standard InChI is InChI=1S/C31H40N4O4S/c1-31(2,3)30(39)35-14-6-11-27(35)29(38)34-26(17-21-12-13-22-8-4-5-9-23(22)16-21)28(37)33-19-24(36)18-32-20-25-10-7-15-40-25/h4-5,7-10,12-13,15-16,24,26-27,32,36H,6,11,14,17-20H2,1-3H3,(H,33,37)(H,34,38)/t24?,26-,27?/m1/s1. The largest absolute Gasteiger partial charge is 0.390 e. The van der Waals surface area contributed by atoms with Gasteiger partial charge in [0.2, 0.25) is 17.7 Å². The minimum absolute atomic E-state index is 0.0540. The number of nitrogens with one attached hydrogen (secondary N) is 3. The Balaban J connectivity index is 1.42. The number of amides is 3. The third kappa shape index (κ3) is 7.90. The summed E-state index contributed by atoms with van der Waals surface area (Å²) in [5, 5.41) is 23.5. The molecule has 9 heteroatoms. The van der Waals surface area contributed by atoms with Crippen molar-refractivity contribution in [1.82, 2.24) is 20.9 Å². The van der Waals surface area contributed by atoms with Gasteiger partial charge in [-0.1, -0.05) is 69.3 Å². The van der Waals surface area contributed by atoms with Crippen molar-refractivity contribution in [2.45, 2.75) is 64.8 Å². The summed E-state index contributed by atoms with van der Waals surface area (Å²) in [6.45, 7) is 7.09. The Morgan fingerprint density at radius 3 is 2.55 bits per heavy atom. The molecule has 0 aliphatic carbocycles. The highest BCUT2D eigenvalue weighted by Crippen LogP contribution is 2.26. The Morgan fingerprint density at radius 1 is 1.05 bits per heavy atom. The Bertz CT molecular complexity index is 1300. The van der Waals surface area contributed by atoms with E-state index in [0.717, 1.165) is 22.8 Å². The van der Waals surface area contributed by atoms with Crippen LogP contribution in [-0.2, 0) is 27.3 Å². The van der Waals surface area contributed by atoms with E-state index in [9.17, 15) is 19.5 Å². The number of hydrogen-bond donors (Lipinski definition) is 4. The molecule has 2 aromatic carbocycles. The number of benzene rings is 2. The summed E-state index contributed by atoms with van der Waals surface area (Å²) in [6, 6.07) is 16.5. The van der Waals surface area contributed by atoms with Crippen LogP contribution in [0.5, 0.6) is 0 Å². The molecule has 0 radical (unpaired) electrons. The lowest BCUT2D eigenvalue weighted by molar-refractivity contribution is -0.145. The number of hydrogen-bond acceptors (Lipinski definition) is 6. The number of carbonyl (C=O) groups is 3. The SMILES string of the molecule is CC(C)(C)C(=O)N1CCCC1C(=O)N[C@H](Cc1ccc2ccccc2c1)C(=O)NCC(O)CNCc1cccs1. The van der Waals surface area contributed by atoms with Gasteiger partial charge in [0.25, 0.3) is 0 Å². The number of thiophene rings is 1. The van der Waals surface area contributed by atoms with Gasteiger partial charge in [0, 0.05) is 42.9 Å². The van der Waals surface area contributed by atoms with E-state index < -0.39 is 23.6 Å². The number of fused-ring (bicyclic) bond motifs is 1. The summed E-state index contributed by atoms with van der Waals surface area (Å²) in [5.74, 6) is -0.765. The summed E-state index contributed by atoms with van der Waals surface area (Å²) in [6.07, 6.45) is 0.809. The Morgan fingerprint density at radius 2 is 1.82 bits per heavy atom. The lowest BCUT2D eigenvalue weighted by Gasteiger charge is -2.31. The molecular formula is C31H40N4O4S. The fourth-order valence-corrected chi connectivity index (χ4v) is 5.66. The van der Waals surface area contributed by atoms with Gasteiger partial charge in [-0.2, -0.15) is 0 Å². The van der Waals surface area contributed by atoms with Crippen LogP contribution in [0.15, 0.2) is 60.0 Å². The zero-order chi connectivity index (χ0) is 28.7. The number of aliphatic hydroxyl groups is 1. The average molecular weight is 565 g/mol. The fourth-order valence-electron chi connectivity index (χ4n) is 4.98. The molecule has 3 aromatic rings. The molecule has 2 unspecified atom stereocenters. The maximum atomic E-state index is 13.5. The zero-order valence-electron chi connectivity index (χ0n) is 23.5. The molecule has 4 N–H and O–H groups in total. The van der Waals surface area contributed by atoms with Crippen molar-refractivity contribution in [3.63, 3.8) is 0 Å². The number of rotatable bonds is 11. The topological polar surface area (TPSA) is 111 Å². The van der Waals surface area contributed by atoms with Crippen molar-refractivity contribution in [2.75, 3.05) is 19.6 Å². The van der Waals surface area contributed by atoms with E-state index in [4.69, 9.17) is 0 Å². The second-order valence-corrected chi connectivity index (χ2v) is 12.5. The molecule has 1 aromatic heterocycles. The van der Waals surface area contributed by atoms with Gasteiger partial charge in [0.05, 0.1) is 6.10 Å². The van der Waals surface area contributed by atoms with Crippen LogP contribution in [0, 0.1) is 5.41 Å². The number of carbonyl (C=O) groups excluding carboxylic acids is 3. The van der Waals surface area contributed by atoms with E-state index in [1.54, 1.807) is 16.2 Å². The molecule has 1 aliphatic rings.